The number of methoxy groups -OCH3 is 1. The van der Waals surface area contributed by atoms with Crippen molar-refractivity contribution in [2.24, 2.45) is 11.8 Å². The molecule has 0 aromatic heterocycles. The van der Waals surface area contributed by atoms with E-state index in [4.69, 9.17) is 14.2 Å². The largest absolute Gasteiger partial charge is 0.469 e. The van der Waals surface area contributed by atoms with E-state index in [-0.39, 0.29) is 24.6 Å². The van der Waals surface area contributed by atoms with Gasteiger partial charge in [-0.1, -0.05) is 30.3 Å². The van der Waals surface area contributed by atoms with E-state index < -0.39 is 6.10 Å². The zero-order valence-electron chi connectivity index (χ0n) is 12.2. The molecule has 21 heavy (non-hydrogen) atoms. The summed E-state index contributed by atoms with van der Waals surface area (Å²) in [6.45, 7) is 1.07. The summed E-state index contributed by atoms with van der Waals surface area (Å²) >= 11 is 0. The van der Waals surface area contributed by atoms with Crippen LogP contribution in [-0.4, -0.2) is 37.7 Å². The third-order valence-electron chi connectivity index (χ3n) is 3.78. The number of hydrogen-bond donors (Lipinski definition) is 1. The minimum atomic E-state index is -0.451. The molecule has 0 amide bonds. The van der Waals surface area contributed by atoms with Crippen LogP contribution in [0.4, 0.5) is 0 Å². The number of esters is 1. The molecule has 0 saturated heterocycles. The third kappa shape index (κ3) is 4.81. The van der Waals surface area contributed by atoms with Gasteiger partial charge in [-0.25, -0.2) is 0 Å². The average molecular weight is 294 g/mol. The number of carbonyl (C=O) groups is 1. The molecule has 116 valence electrons. The number of rotatable bonds is 7. The molecule has 1 aromatic rings. The molecule has 1 fully saturated rings. The molecule has 5 nitrogen and oxygen atoms in total. The molecule has 2 rings (SSSR count). The number of aliphatic hydroxyl groups is 1. The van der Waals surface area contributed by atoms with Crippen molar-refractivity contribution in [2.75, 3.05) is 20.5 Å². The van der Waals surface area contributed by atoms with Gasteiger partial charge in [-0.05, 0) is 24.3 Å². The lowest BCUT2D eigenvalue weighted by atomic mass is 9.97. The fourth-order valence-corrected chi connectivity index (χ4v) is 2.71. The Bertz CT molecular complexity index is 434. The summed E-state index contributed by atoms with van der Waals surface area (Å²) in [5.41, 5.74) is 1.09. The molecule has 0 heterocycles. The molecule has 0 bridgehead atoms. The van der Waals surface area contributed by atoms with Crippen molar-refractivity contribution in [1.29, 1.82) is 0 Å². The van der Waals surface area contributed by atoms with Gasteiger partial charge in [0, 0.05) is 0 Å². The smallest absolute Gasteiger partial charge is 0.309 e. The molecule has 0 aliphatic heterocycles. The molecule has 0 radical (unpaired) electrons. The standard InChI is InChI=1S/C16H22O5/c1-19-16(18)15-8-14(17)7-13(15)10-21-11-20-9-12-5-3-2-4-6-12/h2-6,13-15,17H,7-11H2,1H3/t13-,14-,15+/m0/s1. The van der Waals surface area contributed by atoms with E-state index in [9.17, 15) is 9.90 Å². The highest BCUT2D eigenvalue weighted by atomic mass is 16.7. The molecular weight excluding hydrogens is 272 g/mol. The summed E-state index contributed by atoms with van der Waals surface area (Å²) in [6.07, 6.45) is 0.567. The number of ether oxygens (including phenoxy) is 3. The van der Waals surface area contributed by atoms with Crippen LogP contribution in [0.1, 0.15) is 18.4 Å². The first kappa shape index (κ1) is 15.9. The highest BCUT2D eigenvalue weighted by molar-refractivity contribution is 5.73. The first-order chi connectivity index (χ1) is 10.2. The number of hydrogen-bond acceptors (Lipinski definition) is 5. The average Bonchev–Trinajstić information content (AvgIpc) is 2.88. The van der Waals surface area contributed by atoms with Crippen molar-refractivity contribution in [1.82, 2.24) is 0 Å². The van der Waals surface area contributed by atoms with E-state index in [1.54, 1.807) is 0 Å². The zero-order valence-corrected chi connectivity index (χ0v) is 12.2. The molecule has 1 aromatic carbocycles. The fraction of sp³-hybridized carbons (Fsp3) is 0.562. The van der Waals surface area contributed by atoms with Crippen molar-refractivity contribution < 1.29 is 24.1 Å². The van der Waals surface area contributed by atoms with Gasteiger partial charge < -0.3 is 19.3 Å². The van der Waals surface area contributed by atoms with Crippen molar-refractivity contribution in [2.45, 2.75) is 25.6 Å². The van der Waals surface area contributed by atoms with Crippen LogP contribution in [0.5, 0.6) is 0 Å². The van der Waals surface area contributed by atoms with Crippen LogP contribution in [0.25, 0.3) is 0 Å². The Morgan fingerprint density at radius 1 is 1.24 bits per heavy atom. The lowest BCUT2D eigenvalue weighted by Crippen LogP contribution is -2.24. The van der Waals surface area contributed by atoms with Crippen LogP contribution in [0.15, 0.2) is 30.3 Å². The van der Waals surface area contributed by atoms with E-state index in [2.05, 4.69) is 0 Å². The SMILES string of the molecule is COC(=O)[C@@H]1C[C@@H](O)C[C@H]1COCOCc1ccccc1. The summed E-state index contributed by atoms with van der Waals surface area (Å²) < 4.78 is 15.7. The van der Waals surface area contributed by atoms with Gasteiger partial charge >= 0.3 is 5.97 Å². The first-order valence-corrected chi connectivity index (χ1v) is 7.16. The van der Waals surface area contributed by atoms with Gasteiger partial charge in [0.2, 0.25) is 0 Å². The highest BCUT2D eigenvalue weighted by Crippen LogP contribution is 2.33. The minimum Gasteiger partial charge on any atom is -0.469 e. The van der Waals surface area contributed by atoms with Crippen LogP contribution >= 0.6 is 0 Å². The number of carbonyl (C=O) groups excluding carboxylic acids is 1. The molecule has 1 saturated carbocycles. The summed E-state index contributed by atoms with van der Waals surface area (Å²) in [5.74, 6) is -0.558. The van der Waals surface area contributed by atoms with Crippen molar-refractivity contribution in [3.05, 3.63) is 35.9 Å². The van der Waals surface area contributed by atoms with Gasteiger partial charge in [0.15, 0.2) is 0 Å². The maximum Gasteiger partial charge on any atom is 0.309 e. The molecule has 1 aliphatic carbocycles. The topological polar surface area (TPSA) is 65.0 Å². The second-order valence-corrected chi connectivity index (χ2v) is 5.34. The third-order valence-corrected chi connectivity index (χ3v) is 3.78. The van der Waals surface area contributed by atoms with Crippen LogP contribution in [0, 0.1) is 11.8 Å². The molecule has 1 N–H and O–H groups in total. The Balaban J connectivity index is 1.66. The molecule has 0 unspecified atom stereocenters. The summed E-state index contributed by atoms with van der Waals surface area (Å²) in [6, 6.07) is 9.85. The van der Waals surface area contributed by atoms with Crippen molar-refractivity contribution in [3.63, 3.8) is 0 Å². The van der Waals surface area contributed by atoms with Gasteiger partial charge in [0.05, 0.1) is 32.3 Å². The molecule has 3 atom stereocenters. The maximum atomic E-state index is 11.6. The van der Waals surface area contributed by atoms with Crippen molar-refractivity contribution >= 4 is 5.97 Å². The Morgan fingerprint density at radius 3 is 2.71 bits per heavy atom. The summed E-state index contributed by atoms with van der Waals surface area (Å²) in [5, 5.41) is 9.67. The second-order valence-electron chi connectivity index (χ2n) is 5.34. The van der Waals surface area contributed by atoms with Gasteiger partial charge in [0.1, 0.15) is 6.79 Å². The van der Waals surface area contributed by atoms with Crippen LogP contribution < -0.4 is 0 Å². The molecule has 0 spiro atoms. The predicted octanol–water partition coefficient (Wildman–Crippen LogP) is 1.74. The first-order valence-electron chi connectivity index (χ1n) is 7.16. The van der Waals surface area contributed by atoms with Crippen molar-refractivity contribution in [3.8, 4) is 0 Å². The molecular formula is C16H22O5. The number of aliphatic hydroxyl groups excluding tert-OH is 1. The zero-order chi connectivity index (χ0) is 15.1. The summed E-state index contributed by atoms with van der Waals surface area (Å²) in [4.78, 5) is 11.6. The second kappa shape index (κ2) is 8.12. The van der Waals surface area contributed by atoms with E-state index in [0.717, 1.165) is 5.56 Å². The van der Waals surface area contributed by atoms with E-state index in [1.165, 1.54) is 7.11 Å². The quantitative estimate of drug-likeness (QED) is 0.471. The molecule has 5 heteroatoms. The Kier molecular flexibility index (Phi) is 6.17. The number of benzene rings is 1. The lowest BCUT2D eigenvalue weighted by molar-refractivity contribution is -0.148. The highest BCUT2D eigenvalue weighted by Gasteiger charge is 2.38. The van der Waals surface area contributed by atoms with Gasteiger partial charge in [-0.2, -0.15) is 0 Å². The minimum absolute atomic E-state index is 0.00669. The Morgan fingerprint density at radius 2 is 2.00 bits per heavy atom. The maximum absolute atomic E-state index is 11.6. The lowest BCUT2D eigenvalue weighted by Gasteiger charge is -2.17. The van der Waals surface area contributed by atoms with Crippen LogP contribution in [0.2, 0.25) is 0 Å². The molecule has 1 aliphatic rings. The fourth-order valence-electron chi connectivity index (χ4n) is 2.71. The Labute approximate surface area is 124 Å². The van der Waals surface area contributed by atoms with Gasteiger partial charge in [-0.15, -0.1) is 0 Å². The van der Waals surface area contributed by atoms with Crippen LogP contribution in [-0.2, 0) is 25.6 Å². The van der Waals surface area contributed by atoms with E-state index >= 15 is 0 Å². The summed E-state index contributed by atoms with van der Waals surface area (Å²) in [7, 11) is 1.37. The monoisotopic (exact) mass is 294 g/mol. The Hall–Kier alpha value is -1.43. The normalized spacial score (nSPS) is 25.0. The predicted molar refractivity (Wildman–Crippen MR) is 76.3 cm³/mol. The van der Waals surface area contributed by atoms with E-state index in [1.807, 2.05) is 30.3 Å². The van der Waals surface area contributed by atoms with Gasteiger partial charge in [-0.3, -0.25) is 4.79 Å². The van der Waals surface area contributed by atoms with Gasteiger partial charge in [0.25, 0.3) is 0 Å². The van der Waals surface area contributed by atoms with E-state index in [0.29, 0.717) is 26.1 Å². The van der Waals surface area contributed by atoms with Crippen LogP contribution in [0.3, 0.4) is 0 Å².